The van der Waals surface area contributed by atoms with E-state index in [0.717, 1.165) is 19.5 Å². The zero-order chi connectivity index (χ0) is 12.3. The van der Waals surface area contributed by atoms with E-state index in [1.165, 1.54) is 12.4 Å². The van der Waals surface area contributed by atoms with Gasteiger partial charge in [0.2, 0.25) is 5.95 Å². The van der Waals surface area contributed by atoms with E-state index < -0.39 is 5.97 Å². The van der Waals surface area contributed by atoms with E-state index in [0.29, 0.717) is 12.6 Å². The molecule has 17 heavy (non-hydrogen) atoms. The Hall–Kier alpha value is -1.69. The van der Waals surface area contributed by atoms with Gasteiger partial charge in [-0.15, -0.1) is 0 Å². The maximum atomic E-state index is 10.7. The number of aromatic nitrogens is 2. The molecule has 2 heterocycles. The van der Waals surface area contributed by atoms with Gasteiger partial charge in [0.05, 0.1) is 18.3 Å². The second-order valence-corrected chi connectivity index (χ2v) is 3.92. The zero-order valence-electron chi connectivity index (χ0n) is 9.67. The van der Waals surface area contributed by atoms with Crippen molar-refractivity contribution in [2.24, 2.45) is 0 Å². The average Bonchev–Trinajstić information content (AvgIpc) is 2.39. The molecule has 0 saturated carbocycles. The lowest BCUT2D eigenvalue weighted by Gasteiger charge is -2.32. The van der Waals surface area contributed by atoms with Crippen molar-refractivity contribution in [3.63, 3.8) is 0 Å². The highest BCUT2D eigenvalue weighted by Crippen LogP contribution is 2.14. The van der Waals surface area contributed by atoms with Gasteiger partial charge in [-0.2, -0.15) is 0 Å². The molecule has 0 aliphatic carbocycles. The molecular formula is C11H15N3O3. The fourth-order valence-corrected chi connectivity index (χ4v) is 1.74. The minimum absolute atomic E-state index is 0.106. The Morgan fingerprint density at radius 3 is 2.88 bits per heavy atom. The second-order valence-electron chi connectivity index (χ2n) is 3.92. The van der Waals surface area contributed by atoms with E-state index in [2.05, 4.69) is 16.9 Å². The summed E-state index contributed by atoms with van der Waals surface area (Å²) in [7, 11) is 0. The van der Waals surface area contributed by atoms with Crippen molar-refractivity contribution in [1.82, 2.24) is 9.97 Å². The van der Waals surface area contributed by atoms with Gasteiger partial charge in [0, 0.05) is 25.5 Å². The van der Waals surface area contributed by atoms with Gasteiger partial charge in [-0.05, 0) is 6.42 Å². The van der Waals surface area contributed by atoms with E-state index in [1.807, 2.05) is 4.90 Å². The monoisotopic (exact) mass is 237 g/mol. The van der Waals surface area contributed by atoms with Gasteiger partial charge < -0.3 is 14.7 Å². The van der Waals surface area contributed by atoms with Crippen molar-refractivity contribution in [3.8, 4) is 0 Å². The number of aromatic carboxylic acids is 1. The predicted molar refractivity (Wildman–Crippen MR) is 61.2 cm³/mol. The maximum Gasteiger partial charge on any atom is 0.338 e. The topological polar surface area (TPSA) is 75.6 Å². The van der Waals surface area contributed by atoms with E-state index >= 15 is 0 Å². The molecule has 0 amide bonds. The number of rotatable bonds is 3. The molecular weight excluding hydrogens is 222 g/mol. The number of carbonyl (C=O) groups is 1. The normalized spacial score (nSPS) is 20.3. The van der Waals surface area contributed by atoms with Crippen molar-refractivity contribution in [2.45, 2.75) is 19.4 Å². The first-order chi connectivity index (χ1) is 8.20. The quantitative estimate of drug-likeness (QED) is 0.837. The lowest BCUT2D eigenvalue weighted by atomic mass is 10.2. The standard InChI is InChI=1S/C11H15N3O3/c1-2-9-7-14(3-4-17-9)11-12-5-8(6-13-11)10(15)16/h5-6,9H,2-4,7H2,1H3,(H,15,16). The molecule has 1 aromatic rings. The minimum atomic E-state index is -1.01. The van der Waals surface area contributed by atoms with E-state index in [9.17, 15) is 4.79 Å². The van der Waals surface area contributed by atoms with Crippen LogP contribution in [0, 0.1) is 0 Å². The first-order valence-corrected chi connectivity index (χ1v) is 5.62. The van der Waals surface area contributed by atoms with Crippen LogP contribution in [-0.4, -0.2) is 46.8 Å². The Kier molecular flexibility index (Phi) is 3.53. The van der Waals surface area contributed by atoms with Crippen molar-refractivity contribution >= 4 is 11.9 Å². The summed E-state index contributed by atoms with van der Waals surface area (Å²) in [6, 6.07) is 0. The third kappa shape index (κ3) is 2.71. The van der Waals surface area contributed by atoms with Gasteiger partial charge in [-0.3, -0.25) is 0 Å². The van der Waals surface area contributed by atoms with Crippen LogP contribution >= 0.6 is 0 Å². The molecule has 92 valence electrons. The highest BCUT2D eigenvalue weighted by Gasteiger charge is 2.21. The molecule has 0 spiro atoms. The molecule has 1 aliphatic heterocycles. The first-order valence-electron chi connectivity index (χ1n) is 5.62. The zero-order valence-corrected chi connectivity index (χ0v) is 9.67. The Bertz CT molecular complexity index is 393. The molecule has 0 aromatic carbocycles. The number of carboxylic acids is 1. The van der Waals surface area contributed by atoms with Crippen molar-refractivity contribution in [2.75, 3.05) is 24.6 Å². The van der Waals surface area contributed by atoms with Gasteiger partial charge in [0.15, 0.2) is 0 Å². The van der Waals surface area contributed by atoms with Crippen LogP contribution in [0.2, 0.25) is 0 Å². The van der Waals surface area contributed by atoms with Gasteiger partial charge >= 0.3 is 5.97 Å². The Labute approximate surface area is 99.2 Å². The van der Waals surface area contributed by atoms with Crippen LogP contribution in [0.1, 0.15) is 23.7 Å². The minimum Gasteiger partial charge on any atom is -0.478 e. The number of anilines is 1. The van der Waals surface area contributed by atoms with Crippen molar-refractivity contribution in [1.29, 1.82) is 0 Å². The predicted octanol–water partition coefficient (Wildman–Crippen LogP) is 0.790. The molecule has 1 N–H and O–H groups in total. The Morgan fingerprint density at radius 1 is 1.59 bits per heavy atom. The Balaban J connectivity index is 2.08. The van der Waals surface area contributed by atoms with Crippen LogP contribution in [0.5, 0.6) is 0 Å². The van der Waals surface area contributed by atoms with Crippen LogP contribution in [0.3, 0.4) is 0 Å². The van der Waals surface area contributed by atoms with E-state index in [-0.39, 0.29) is 11.7 Å². The van der Waals surface area contributed by atoms with Crippen LogP contribution in [0.4, 0.5) is 5.95 Å². The summed E-state index contributed by atoms with van der Waals surface area (Å²) in [5.74, 6) is -0.443. The molecule has 1 fully saturated rings. The molecule has 2 rings (SSSR count). The number of nitrogens with zero attached hydrogens (tertiary/aromatic N) is 3. The van der Waals surface area contributed by atoms with Gasteiger partial charge in [0.25, 0.3) is 0 Å². The summed E-state index contributed by atoms with van der Waals surface area (Å²) in [6.45, 7) is 4.22. The largest absolute Gasteiger partial charge is 0.478 e. The van der Waals surface area contributed by atoms with E-state index in [1.54, 1.807) is 0 Å². The molecule has 0 bridgehead atoms. The van der Waals surface area contributed by atoms with Crippen LogP contribution in [0.25, 0.3) is 0 Å². The Morgan fingerprint density at radius 2 is 2.29 bits per heavy atom. The number of ether oxygens (including phenoxy) is 1. The van der Waals surface area contributed by atoms with E-state index in [4.69, 9.17) is 9.84 Å². The highest BCUT2D eigenvalue weighted by molar-refractivity contribution is 5.86. The second kappa shape index (κ2) is 5.09. The smallest absolute Gasteiger partial charge is 0.338 e. The summed E-state index contributed by atoms with van der Waals surface area (Å²) in [5, 5.41) is 8.75. The molecule has 0 radical (unpaired) electrons. The number of morpholine rings is 1. The first kappa shape index (κ1) is 11.8. The molecule has 1 unspecified atom stereocenters. The van der Waals surface area contributed by atoms with Gasteiger partial charge in [-0.25, -0.2) is 14.8 Å². The molecule has 6 heteroatoms. The molecule has 6 nitrogen and oxygen atoms in total. The fourth-order valence-electron chi connectivity index (χ4n) is 1.74. The highest BCUT2D eigenvalue weighted by atomic mass is 16.5. The summed E-state index contributed by atoms with van der Waals surface area (Å²) >= 11 is 0. The van der Waals surface area contributed by atoms with Crippen LogP contribution in [0.15, 0.2) is 12.4 Å². The van der Waals surface area contributed by atoms with Gasteiger partial charge in [0.1, 0.15) is 0 Å². The van der Waals surface area contributed by atoms with Gasteiger partial charge in [-0.1, -0.05) is 6.92 Å². The third-order valence-electron chi connectivity index (χ3n) is 2.76. The SMILES string of the molecule is CCC1CN(c2ncc(C(=O)O)cn2)CCO1. The summed E-state index contributed by atoms with van der Waals surface area (Å²) < 4.78 is 5.55. The number of hydrogen-bond acceptors (Lipinski definition) is 5. The number of hydrogen-bond donors (Lipinski definition) is 1. The average molecular weight is 237 g/mol. The number of carboxylic acid groups (broad SMARTS) is 1. The lowest BCUT2D eigenvalue weighted by molar-refractivity contribution is 0.0378. The maximum absolute atomic E-state index is 10.7. The molecule has 1 saturated heterocycles. The fraction of sp³-hybridized carbons (Fsp3) is 0.545. The molecule has 1 aromatic heterocycles. The third-order valence-corrected chi connectivity index (χ3v) is 2.76. The van der Waals surface area contributed by atoms with Crippen LogP contribution < -0.4 is 4.90 Å². The lowest BCUT2D eigenvalue weighted by Crippen LogP contribution is -2.43. The molecule has 1 aliphatic rings. The van der Waals surface area contributed by atoms with Crippen molar-refractivity contribution in [3.05, 3.63) is 18.0 Å². The summed E-state index contributed by atoms with van der Waals surface area (Å²) in [5.41, 5.74) is 0.106. The van der Waals surface area contributed by atoms with Crippen molar-refractivity contribution < 1.29 is 14.6 Å². The summed E-state index contributed by atoms with van der Waals surface area (Å²) in [4.78, 5) is 20.8. The summed E-state index contributed by atoms with van der Waals surface area (Å²) in [6.07, 6.45) is 3.82. The van der Waals surface area contributed by atoms with Crippen LogP contribution in [-0.2, 0) is 4.74 Å². The molecule has 1 atom stereocenters.